The third-order valence-corrected chi connectivity index (χ3v) is 5.22. The summed E-state index contributed by atoms with van der Waals surface area (Å²) in [4.78, 5) is 36.6. The van der Waals surface area contributed by atoms with Crippen LogP contribution in [0.5, 0.6) is 11.5 Å². The number of halogens is 2. The summed E-state index contributed by atoms with van der Waals surface area (Å²) in [5.41, 5.74) is 1.73. The van der Waals surface area contributed by atoms with Gasteiger partial charge in [0.2, 0.25) is 0 Å². The Balaban J connectivity index is 1.71. The summed E-state index contributed by atoms with van der Waals surface area (Å²) in [6.07, 6.45) is 0. The fourth-order valence-electron chi connectivity index (χ4n) is 3.52. The third-order valence-electron chi connectivity index (χ3n) is 5.22. The minimum absolute atomic E-state index is 0.0850. The van der Waals surface area contributed by atoms with Gasteiger partial charge in [-0.05, 0) is 70.8 Å². The maximum Gasteiger partial charge on any atom is 0.347 e. The Morgan fingerprint density at radius 1 is 0.611 bits per heavy atom. The number of ether oxygens (including phenoxy) is 2. The monoisotopic (exact) mass is 488 g/mol. The van der Waals surface area contributed by atoms with Crippen LogP contribution < -0.4 is 9.47 Å². The molecule has 0 bridgehead atoms. The van der Waals surface area contributed by atoms with Crippen LogP contribution in [0.4, 0.5) is 8.78 Å². The average molecular weight is 488 g/mol. The van der Waals surface area contributed by atoms with Gasteiger partial charge in [0.05, 0.1) is 0 Å². The highest BCUT2D eigenvalue weighted by Gasteiger charge is 2.21. The summed E-state index contributed by atoms with van der Waals surface area (Å²) < 4.78 is 37.1. The fourth-order valence-corrected chi connectivity index (χ4v) is 3.52. The van der Waals surface area contributed by atoms with Crippen molar-refractivity contribution in [2.75, 3.05) is 0 Å². The van der Waals surface area contributed by atoms with Crippen molar-refractivity contribution in [3.05, 3.63) is 108 Å². The Morgan fingerprint density at radius 2 is 1.03 bits per heavy atom. The van der Waals surface area contributed by atoms with Gasteiger partial charge in [-0.3, -0.25) is 4.79 Å². The molecule has 0 fully saturated rings. The zero-order valence-corrected chi connectivity index (χ0v) is 18.8. The summed E-state index contributed by atoms with van der Waals surface area (Å²) in [7, 11) is 0. The van der Waals surface area contributed by atoms with E-state index in [1.165, 1.54) is 85.8 Å². The quantitative estimate of drug-likeness (QED) is 0.259. The van der Waals surface area contributed by atoms with Crippen molar-refractivity contribution in [1.29, 1.82) is 0 Å². The standard InChI is InChI=1S/C28H18F2O6/c1-16(31)35-26-13-7-20(18-4-10-22(30)11-5-18)15-24(26)28(34)36-25-12-6-19(14-23(25)27(32)33)17-2-8-21(29)9-3-17/h2-15H,1H3,(H,32,33). The highest BCUT2D eigenvalue weighted by Crippen LogP contribution is 2.31. The smallest absolute Gasteiger partial charge is 0.347 e. The van der Waals surface area contributed by atoms with Gasteiger partial charge in [0, 0.05) is 6.92 Å². The molecule has 180 valence electrons. The molecule has 4 aromatic rings. The Bertz CT molecular complexity index is 1460. The first-order valence-electron chi connectivity index (χ1n) is 10.6. The number of aromatic carboxylic acids is 1. The van der Waals surface area contributed by atoms with Crippen molar-refractivity contribution in [2.24, 2.45) is 0 Å². The summed E-state index contributed by atoms with van der Waals surface area (Å²) in [6.45, 7) is 1.17. The summed E-state index contributed by atoms with van der Waals surface area (Å²) in [6, 6.07) is 19.6. The highest BCUT2D eigenvalue weighted by molar-refractivity contribution is 5.99. The first-order valence-corrected chi connectivity index (χ1v) is 10.6. The van der Waals surface area contributed by atoms with Crippen LogP contribution in [0.3, 0.4) is 0 Å². The van der Waals surface area contributed by atoms with Gasteiger partial charge in [-0.1, -0.05) is 36.4 Å². The van der Waals surface area contributed by atoms with Gasteiger partial charge in [0.25, 0.3) is 0 Å². The molecule has 4 rings (SSSR count). The van der Waals surface area contributed by atoms with E-state index in [2.05, 4.69) is 0 Å². The second-order valence-electron chi connectivity index (χ2n) is 7.72. The lowest BCUT2D eigenvalue weighted by Gasteiger charge is -2.13. The maximum absolute atomic E-state index is 13.3. The van der Waals surface area contributed by atoms with Gasteiger partial charge < -0.3 is 14.6 Å². The van der Waals surface area contributed by atoms with Crippen LogP contribution >= 0.6 is 0 Å². The van der Waals surface area contributed by atoms with E-state index in [1.807, 2.05) is 0 Å². The van der Waals surface area contributed by atoms with Crippen molar-refractivity contribution >= 4 is 17.9 Å². The number of carboxylic acids is 1. The SMILES string of the molecule is CC(=O)Oc1ccc(-c2ccc(F)cc2)cc1C(=O)Oc1ccc(-c2ccc(F)cc2)cc1C(=O)O. The zero-order chi connectivity index (χ0) is 25.8. The molecule has 0 radical (unpaired) electrons. The molecule has 0 atom stereocenters. The molecule has 36 heavy (non-hydrogen) atoms. The Kier molecular flexibility index (Phi) is 6.87. The second-order valence-corrected chi connectivity index (χ2v) is 7.72. The average Bonchev–Trinajstić information content (AvgIpc) is 2.85. The number of benzene rings is 4. The molecule has 0 aromatic heterocycles. The minimum Gasteiger partial charge on any atom is -0.478 e. The molecule has 0 unspecified atom stereocenters. The number of esters is 2. The number of hydrogen-bond acceptors (Lipinski definition) is 5. The summed E-state index contributed by atoms with van der Waals surface area (Å²) in [5.74, 6) is -4.17. The van der Waals surface area contributed by atoms with E-state index in [-0.39, 0.29) is 22.6 Å². The topological polar surface area (TPSA) is 89.9 Å². The van der Waals surface area contributed by atoms with Crippen LogP contribution in [0.2, 0.25) is 0 Å². The van der Waals surface area contributed by atoms with E-state index in [0.717, 1.165) is 0 Å². The lowest BCUT2D eigenvalue weighted by Crippen LogP contribution is -2.14. The van der Waals surface area contributed by atoms with E-state index in [4.69, 9.17) is 9.47 Å². The van der Waals surface area contributed by atoms with Crippen LogP contribution in [0.25, 0.3) is 22.3 Å². The van der Waals surface area contributed by atoms with Crippen LogP contribution in [-0.4, -0.2) is 23.0 Å². The van der Waals surface area contributed by atoms with Crippen LogP contribution in [0, 0.1) is 11.6 Å². The largest absolute Gasteiger partial charge is 0.478 e. The lowest BCUT2D eigenvalue weighted by molar-refractivity contribution is -0.131. The third kappa shape index (κ3) is 5.44. The molecule has 0 aliphatic carbocycles. The van der Waals surface area contributed by atoms with E-state index in [9.17, 15) is 28.3 Å². The minimum atomic E-state index is -1.35. The van der Waals surface area contributed by atoms with Gasteiger partial charge >= 0.3 is 17.9 Å². The molecule has 0 aliphatic heterocycles. The highest BCUT2D eigenvalue weighted by atomic mass is 19.1. The van der Waals surface area contributed by atoms with Crippen molar-refractivity contribution < 1.29 is 37.7 Å². The predicted octanol–water partition coefficient (Wildman–Crippen LogP) is 6.14. The maximum atomic E-state index is 13.3. The molecule has 0 saturated carbocycles. The molecule has 0 saturated heterocycles. The fraction of sp³-hybridized carbons (Fsp3) is 0.0357. The number of carbonyl (C=O) groups is 3. The Hall–Kier alpha value is -4.85. The van der Waals surface area contributed by atoms with Crippen molar-refractivity contribution in [3.8, 4) is 33.8 Å². The second kappa shape index (κ2) is 10.2. The van der Waals surface area contributed by atoms with E-state index < -0.39 is 29.5 Å². The lowest BCUT2D eigenvalue weighted by atomic mass is 10.0. The van der Waals surface area contributed by atoms with Crippen LogP contribution in [0.1, 0.15) is 27.6 Å². The molecule has 4 aromatic carbocycles. The number of rotatable bonds is 6. The van der Waals surface area contributed by atoms with Crippen molar-refractivity contribution in [2.45, 2.75) is 6.92 Å². The number of carboxylic acid groups (broad SMARTS) is 1. The van der Waals surface area contributed by atoms with Crippen LogP contribution in [-0.2, 0) is 4.79 Å². The van der Waals surface area contributed by atoms with E-state index >= 15 is 0 Å². The molecule has 0 aliphatic rings. The van der Waals surface area contributed by atoms with Gasteiger partial charge in [-0.15, -0.1) is 0 Å². The summed E-state index contributed by atoms with van der Waals surface area (Å²) in [5, 5.41) is 9.70. The molecule has 0 spiro atoms. The Morgan fingerprint density at radius 3 is 1.47 bits per heavy atom. The molecular formula is C28H18F2O6. The van der Waals surface area contributed by atoms with Crippen molar-refractivity contribution in [1.82, 2.24) is 0 Å². The molecule has 0 amide bonds. The molecule has 0 heterocycles. The van der Waals surface area contributed by atoms with E-state index in [1.54, 1.807) is 6.07 Å². The van der Waals surface area contributed by atoms with Crippen molar-refractivity contribution in [3.63, 3.8) is 0 Å². The zero-order valence-electron chi connectivity index (χ0n) is 18.8. The van der Waals surface area contributed by atoms with Gasteiger partial charge in [0.1, 0.15) is 34.3 Å². The number of hydrogen-bond donors (Lipinski definition) is 1. The predicted molar refractivity (Wildman–Crippen MR) is 127 cm³/mol. The number of carbonyl (C=O) groups excluding carboxylic acids is 2. The Labute approximate surface area is 204 Å². The van der Waals surface area contributed by atoms with Crippen LogP contribution in [0.15, 0.2) is 84.9 Å². The molecule has 1 N–H and O–H groups in total. The molecular weight excluding hydrogens is 470 g/mol. The van der Waals surface area contributed by atoms with Gasteiger partial charge in [-0.25, -0.2) is 18.4 Å². The molecule has 6 nitrogen and oxygen atoms in total. The summed E-state index contributed by atoms with van der Waals surface area (Å²) >= 11 is 0. The molecule has 8 heteroatoms. The first kappa shape index (κ1) is 24.3. The van der Waals surface area contributed by atoms with E-state index in [0.29, 0.717) is 22.3 Å². The first-order chi connectivity index (χ1) is 17.2. The normalized spacial score (nSPS) is 10.5. The van der Waals surface area contributed by atoms with Gasteiger partial charge in [-0.2, -0.15) is 0 Å². The van der Waals surface area contributed by atoms with Gasteiger partial charge in [0.15, 0.2) is 0 Å².